The van der Waals surface area contributed by atoms with Gasteiger partial charge >= 0.3 is 6.18 Å². The molecule has 0 radical (unpaired) electrons. The number of methoxy groups -OCH3 is 1. The number of aryl methyl sites for hydroxylation is 1. The van der Waals surface area contributed by atoms with Gasteiger partial charge in [-0.15, -0.1) is 0 Å². The van der Waals surface area contributed by atoms with Gasteiger partial charge in [-0.2, -0.15) is 13.2 Å². The molecule has 0 aliphatic carbocycles. The molecule has 2 aromatic carbocycles. The number of alkyl halides is 3. The molecule has 1 atom stereocenters. The van der Waals surface area contributed by atoms with Crippen LogP contribution in [0.2, 0.25) is 0 Å². The molecule has 0 heterocycles. The van der Waals surface area contributed by atoms with Crippen LogP contribution in [0, 0.1) is 0 Å². The van der Waals surface area contributed by atoms with Crippen LogP contribution in [0.4, 0.5) is 13.2 Å². The minimum Gasteiger partial charge on any atom is -0.497 e. The van der Waals surface area contributed by atoms with Crippen LogP contribution in [0.5, 0.6) is 5.75 Å². The summed E-state index contributed by atoms with van der Waals surface area (Å²) < 4.78 is 43.6. The molecule has 0 saturated heterocycles. The lowest BCUT2D eigenvalue weighted by Gasteiger charge is -2.18. The molecule has 0 saturated carbocycles. The lowest BCUT2D eigenvalue weighted by atomic mass is 9.88. The number of hydrogen-bond acceptors (Lipinski definition) is 2. The normalized spacial score (nSPS) is 12.7. The first-order valence-electron chi connectivity index (χ1n) is 7.20. The van der Waals surface area contributed by atoms with Crippen LogP contribution in [0.15, 0.2) is 54.6 Å². The van der Waals surface area contributed by atoms with E-state index in [4.69, 9.17) is 4.74 Å². The van der Waals surface area contributed by atoms with E-state index in [-0.39, 0.29) is 6.42 Å². The Hall–Kier alpha value is -2.30. The van der Waals surface area contributed by atoms with E-state index in [1.54, 1.807) is 12.1 Å². The summed E-state index contributed by atoms with van der Waals surface area (Å²) in [5.74, 6) is -2.38. The van der Waals surface area contributed by atoms with Crippen LogP contribution in [0.3, 0.4) is 0 Å². The average Bonchev–Trinajstić information content (AvgIpc) is 2.55. The third-order valence-electron chi connectivity index (χ3n) is 3.68. The Balaban J connectivity index is 2.22. The highest BCUT2D eigenvalue weighted by atomic mass is 19.4. The molecule has 1 unspecified atom stereocenters. The van der Waals surface area contributed by atoms with Crippen molar-refractivity contribution in [1.82, 2.24) is 0 Å². The molecule has 2 nitrogen and oxygen atoms in total. The molecule has 0 amide bonds. The molecular formula is C18H17F3O2. The summed E-state index contributed by atoms with van der Waals surface area (Å²) in [6.07, 6.45) is -4.34. The summed E-state index contributed by atoms with van der Waals surface area (Å²) in [5.41, 5.74) is 1.25. The number of halogens is 3. The van der Waals surface area contributed by atoms with Crippen molar-refractivity contribution >= 4 is 5.78 Å². The molecular weight excluding hydrogens is 305 g/mol. The minimum absolute atomic E-state index is 0.106. The molecule has 0 fully saturated rings. The zero-order valence-corrected chi connectivity index (χ0v) is 12.6. The third kappa shape index (κ3) is 4.58. The fourth-order valence-electron chi connectivity index (χ4n) is 2.44. The Bertz CT molecular complexity index is 634. The van der Waals surface area contributed by atoms with Gasteiger partial charge in [0.2, 0.25) is 5.78 Å². The largest absolute Gasteiger partial charge is 0.497 e. The van der Waals surface area contributed by atoms with Crippen molar-refractivity contribution in [3.05, 3.63) is 65.7 Å². The second-order valence-corrected chi connectivity index (χ2v) is 5.21. The van der Waals surface area contributed by atoms with E-state index in [9.17, 15) is 18.0 Å². The monoisotopic (exact) mass is 322 g/mol. The van der Waals surface area contributed by atoms with Gasteiger partial charge in [0.15, 0.2) is 0 Å². The molecule has 0 aliphatic rings. The Kier molecular flexibility index (Phi) is 5.42. The van der Waals surface area contributed by atoms with Crippen molar-refractivity contribution in [2.75, 3.05) is 7.11 Å². The predicted octanol–water partition coefficient (Wildman–Crippen LogP) is 4.54. The number of carbonyl (C=O) groups is 1. The van der Waals surface area contributed by atoms with E-state index in [0.29, 0.717) is 17.7 Å². The quantitative estimate of drug-likeness (QED) is 0.780. The number of rotatable bonds is 6. The Morgan fingerprint density at radius 2 is 1.65 bits per heavy atom. The van der Waals surface area contributed by atoms with E-state index in [1.165, 1.54) is 19.2 Å². The molecule has 0 aliphatic heterocycles. The first-order chi connectivity index (χ1) is 10.9. The van der Waals surface area contributed by atoms with Gasteiger partial charge in [-0.1, -0.05) is 42.5 Å². The molecule has 23 heavy (non-hydrogen) atoms. The highest BCUT2D eigenvalue weighted by Crippen LogP contribution is 2.32. The van der Waals surface area contributed by atoms with E-state index in [1.807, 2.05) is 30.3 Å². The highest BCUT2D eigenvalue weighted by Gasteiger charge is 2.43. The summed E-state index contributed by atoms with van der Waals surface area (Å²) in [5, 5.41) is 0. The topological polar surface area (TPSA) is 26.3 Å². The third-order valence-corrected chi connectivity index (χ3v) is 3.68. The summed E-state index contributed by atoms with van der Waals surface area (Å²) in [6.45, 7) is 0. The number of benzene rings is 2. The van der Waals surface area contributed by atoms with Gasteiger partial charge < -0.3 is 4.74 Å². The van der Waals surface area contributed by atoms with Gasteiger partial charge in [0.1, 0.15) is 5.75 Å². The second kappa shape index (κ2) is 7.31. The molecule has 5 heteroatoms. The lowest BCUT2D eigenvalue weighted by molar-refractivity contribution is -0.172. The summed E-state index contributed by atoms with van der Waals surface area (Å²) >= 11 is 0. The Labute approximate surface area is 132 Å². The van der Waals surface area contributed by atoms with E-state index in [2.05, 4.69) is 0 Å². The molecule has 2 rings (SSSR count). The zero-order valence-electron chi connectivity index (χ0n) is 12.6. The van der Waals surface area contributed by atoms with Gasteiger partial charge in [0, 0.05) is 0 Å². The lowest BCUT2D eigenvalue weighted by Crippen LogP contribution is -2.29. The van der Waals surface area contributed by atoms with Crippen molar-refractivity contribution in [3.8, 4) is 5.75 Å². The fraction of sp³-hybridized carbons (Fsp3) is 0.278. The van der Waals surface area contributed by atoms with Crippen LogP contribution in [-0.4, -0.2) is 19.1 Å². The number of ether oxygens (including phenoxy) is 1. The Morgan fingerprint density at radius 3 is 2.17 bits per heavy atom. The van der Waals surface area contributed by atoms with E-state index < -0.39 is 17.9 Å². The Morgan fingerprint density at radius 1 is 1.04 bits per heavy atom. The zero-order chi connectivity index (χ0) is 16.9. The number of ketones is 1. The summed E-state index contributed by atoms with van der Waals surface area (Å²) in [7, 11) is 1.47. The maximum Gasteiger partial charge on any atom is 0.450 e. The van der Waals surface area contributed by atoms with Crippen LogP contribution in [-0.2, 0) is 11.2 Å². The maximum absolute atomic E-state index is 12.9. The summed E-state index contributed by atoms with van der Waals surface area (Å²) in [6, 6.07) is 15.3. The van der Waals surface area contributed by atoms with Crippen LogP contribution in [0.1, 0.15) is 23.5 Å². The smallest absolute Gasteiger partial charge is 0.450 e. The van der Waals surface area contributed by atoms with E-state index >= 15 is 0 Å². The number of hydrogen-bond donors (Lipinski definition) is 0. The molecule has 0 aromatic heterocycles. The highest BCUT2D eigenvalue weighted by molar-refractivity contribution is 5.90. The molecule has 0 bridgehead atoms. The van der Waals surface area contributed by atoms with Gasteiger partial charge in [-0.05, 0) is 36.1 Å². The van der Waals surface area contributed by atoms with Crippen molar-refractivity contribution in [3.63, 3.8) is 0 Å². The fourth-order valence-corrected chi connectivity index (χ4v) is 2.44. The van der Waals surface area contributed by atoms with Crippen LogP contribution < -0.4 is 4.74 Å². The van der Waals surface area contributed by atoms with E-state index in [0.717, 1.165) is 5.56 Å². The standard InChI is InChI=1S/C18H17F3O2/c1-23-15-10-8-14(9-11-15)16(17(22)18(19,20)21)12-7-13-5-3-2-4-6-13/h2-6,8-11,16H,7,12H2,1H3. The molecule has 0 N–H and O–H groups in total. The van der Waals surface area contributed by atoms with Crippen molar-refractivity contribution in [1.29, 1.82) is 0 Å². The van der Waals surface area contributed by atoms with Gasteiger partial charge in [0.25, 0.3) is 0 Å². The van der Waals surface area contributed by atoms with Crippen LogP contribution >= 0.6 is 0 Å². The average molecular weight is 322 g/mol. The van der Waals surface area contributed by atoms with Crippen LogP contribution in [0.25, 0.3) is 0 Å². The summed E-state index contributed by atoms with van der Waals surface area (Å²) in [4.78, 5) is 11.8. The van der Waals surface area contributed by atoms with Crippen molar-refractivity contribution in [2.45, 2.75) is 24.9 Å². The first kappa shape index (κ1) is 17.1. The molecule has 122 valence electrons. The minimum atomic E-state index is -4.85. The maximum atomic E-state index is 12.9. The number of carbonyl (C=O) groups excluding carboxylic acids is 1. The molecule has 2 aromatic rings. The first-order valence-corrected chi connectivity index (χ1v) is 7.20. The van der Waals surface area contributed by atoms with Gasteiger partial charge in [-0.25, -0.2) is 0 Å². The number of Topliss-reactive ketones (excluding diaryl/α,β-unsaturated/α-hetero) is 1. The van der Waals surface area contributed by atoms with Crippen molar-refractivity contribution < 1.29 is 22.7 Å². The van der Waals surface area contributed by atoms with Gasteiger partial charge in [-0.3, -0.25) is 4.79 Å². The van der Waals surface area contributed by atoms with Crippen molar-refractivity contribution in [2.24, 2.45) is 0 Å². The SMILES string of the molecule is COc1ccc(C(CCc2ccccc2)C(=O)C(F)(F)F)cc1. The van der Waals surface area contributed by atoms with Gasteiger partial charge in [0.05, 0.1) is 13.0 Å². The molecule has 0 spiro atoms. The second-order valence-electron chi connectivity index (χ2n) is 5.21. The predicted molar refractivity (Wildman–Crippen MR) is 81.6 cm³/mol.